The Balaban J connectivity index is 1.82. The van der Waals surface area contributed by atoms with E-state index in [1.54, 1.807) is 0 Å². The number of hydrogen-bond acceptors (Lipinski definition) is 6. The first kappa shape index (κ1) is 28.0. The molecule has 2 aliphatic carbocycles. The zero-order valence-electron chi connectivity index (χ0n) is 22.1. The molecule has 4 N–H and O–H groups in total. The monoisotopic (exact) mass is 478 g/mol. The fourth-order valence-electron chi connectivity index (χ4n) is 4.13. The van der Waals surface area contributed by atoms with Crippen molar-refractivity contribution in [3.05, 3.63) is 0 Å². The average molecular weight is 479 g/mol. The van der Waals surface area contributed by atoms with E-state index in [1.165, 1.54) is 0 Å². The van der Waals surface area contributed by atoms with Crippen LogP contribution in [0.1, 0.15) is 106 Å². The molecule has 2 aliphatic rings. The lowest BCUT2D eigenvalue weighted by molar-refractivity contribution is 0.195. The lowest BCUT2D eigenvalue weighted by atomic mass is 9.89. The van der Waals surface area contributed by atoms with Gasteiger partial charge in [0.25, 0.3) is 0 Å². The van der Waals surface area contributed by atoms with E-state index in [2.05, 4.69) is 41.7 Å². The van der Waals surface area contributed by atoms with Gasteiger partial charge in [0.1, 0.15) is 0 Å². The van der Waals surface area contributed by atoms with Gasteiger partial charge in [-0.1, -0.05) is 12.8 Å². The summed E-state index contributed by atoms with van der Waals surface area (Å²) in [6.07, 6.45) is 9.48. The first-order chi connectivity index (χ1) is 15.8. The topological polar surface area (TPSA) is 132 Å². The molecular formula is C24H46N8O2. The number of carbonyl (C=O) groups is 2. The summed E-state index contributed by atoms with van der Waals surface area (Å²) < 4.78 is 0. The summed E-state index contributed by atoms with van der Waals surface area (Å²) in [6, 6.07) is -0.584. The van der Waals surface area contributed by atoms with Crippen molar-refractivity contribution in [2.24, 2.45) is 20.5 Å². The van der Waals surface area contributed by atoms with E-state index in [-0.39, 0.29) is 23.1 Å². The predicted octanol–water partition coefficient (Wildman–Crippen LogP) is 5.41. The molecule has 0 unspecified atom stereocenters. The van der Waals surface area contributed by atoms with Gasteiger partial charge in [0.2, 0.25) is 0 Å². The Kier molecular flexibility index (Phi) is 9.82. The van der Waals surface area contributed by atoms with Crippen LogP contribution in [0, 0.1) is 0 Å². The van der Waals surface area contributed by atoms with Gasteiger partial charge in [-0.2, -0.15) is 20.5 Å². The van der Waals surface area contributed by atoms with Gasteiger partial charge in [0.05, 0.1) is 11.1 Å². The average Bonchev–Trinajstić information content (AvgIpc) is 2.75. The van der Waals surface area contributed by atoms with Crippen molar-refractivity contribution in [3.8, 4) is 0 Å². The van der Waals surface area contributed by atoms with E-state index in [0.717, 1.165) is 64.2 Å². The van der Waals surface area contributed by atoms with Crippen molar-refractivity contribution >= 4 is 12.1 Å². The molecular weight excluding hydrogens is 432 g/mol. The second-order valence-electron chi connectivity index (χ2n) is 11.7. The molecule has 10 nitrogen and oxygen atoms in total. The van der Waals surface area contributed by atoms with Gasteiger partial charge in [-0.05, 0) is 92.9 Å². The number of azo groups is 2. The summed E-state index contributed by atoms with van der Waals surface area (Å²) in [5.74, 6) is 0. The Hall–Kier alpha value is -2.26. The standard InChI is InChI=1S/C24H46N8O2/c1-21(2,3)29-31-23(13-9-7-10-14-23)27-19(33)25-17-18-26-20(34)28-24(15-11-8-12-16-24)32-30-22(4,5)6/h7-18H2,1-6H3,(H2,25,27,33)(H2,26,28,34)/b31-29+,32-30+. The van der Waals surface area contributed by atoms with Gasteiger partial charge in [0, 0.05) is 13.1 Å². The fourth-order valence-corrected chi connectivity index (χ4v) is 4.13. The number of urea groups is 2. The van der Waals surface area contributed by atoms with Crippen molar-refractivity contribution < 1.29 is 9.59 Å². The molecule has 2 fully saturated rings. The smallest absolute Gasteiger partial charge is 0.316 e. The number of nitrogens with one attached hydrogen (secondary N) is 4. The Morgan fingerprint density at radius 1 is 0.618 bits per heavy atom. The third-order valence-electron chi connectivity index (χ3n) is 5.83. The van der Waals surface area contributed by atoms with Crippen LogP contribution in [0.15, 0.2) is 20.5 Å². The van der Waals surface area contributed by atoms with Crippen LogP contribution in [0.4, 0.5) is 9.59 Å². The van der Waals surface area contributed by atoms with Gasteiger partial charge in [-0.3, -0.25) is 0 Å². The Bertz CT molecular complexity index is 662. The molecule has 194 valence electrons. The van der Waals surface area contributed by atoms with Gasteiger partial charge in [0.15, 0.2) is 11.3 Å². The highest BCUT2D eigenvalue weighted by Gasteiger charge is 2.35. The highest BCUT2D eigenvalue weighted by molar-refractivity contribution is 5.76. The molecule has 2 saturated carbocycles. The molecule has 0 saturated heterocycles. The van der Waals surface area contributed by atoms with Crippen LogP contribution in [0.25, 0.3) is 0 Å². The maximum Gasteiger partial charge on any atom is 0.316 e. The predicted molar refractivity (Wildman–Crippen MR) is 134 cm³/mol. The molecule has 0 radical (unpaired) electrons. The zero-order chi connectivity index (χ0) is 25.3. The van der Waals surface area contributed by atoms with Crippen LogP contribution in [0.5, 0.6) is 0 Å². The zero-order valence-corrected chi connectivity index (χ0v) is 22.1. The molecule has 0 bridgehead atoms. The summed E-state index contributed by atoms with van der Waals surface area (Å²) >= 11 is 0. The third kappa shape index (κ3) is 10.3. The maximum absolute atomic E-state index is 12.6. The summed E-state index contributed by atoms with van der Waals surface area (Å²) in [5.41, 5.74) is -1.87. The number of carbonyl (C=O) groups excluding carboxylic acids is 2. The van der Waals surface area contributed by atoms with E-state index >= 15 is 0 Å². The first-order valence-corrected chi connectivity index (χ1v) is 12.8. The number of amides is 4. The summed E-state index contributed by atoms with van der Waals surface area (Å²) in [4.78, 5) is 25.1. The Labute approximate surface area is 205 Å². The van der Waals surface area contributed by atoms with E-state index in [9.17, 15) is 9.59 Å². The molecule has 0 aromatic rings. The minimum Gasteiger partial charge on any atom is -0.336 e. The minimum absolute atomic E-state index is 0.290. The van der Waals surface area contributed by atoms with Crippen molar-refractivity contribution in [2.45, 2.75) is 128 Å². The lowest BCUT2D eigenvalue weighted by Crippen LogP contribution is -2.54. The molecule has 10 heteroatoms. The van der Waals surface area contributed by atoms with E-state index in [0.29, 0.717) is 13.1 Å². The van der Waals surface area contributed by atoms with Crippen molar-refractivity contribution in [1.82, 2.24) is 21.3 Å². The summed E-state index contributed by atoms with van der Waals surface area (Å²) in [6.45, 7) is 12.6. The van der Waals surface area contributed by atoms with Crippen molar-refractivity contribution in [3.63, 3.8) is 0 Å². The molecule has 0 aromatic heterocycles. The molecule has 0 aromatic carbocycles. The van der Waals surface area contributed by atoms with Gasteiger partial charge in [-0.15, -0.1) is 0 Å². The van der Waals surface area contributed by atoms with Crippen LogP contribution in [0.2, 0.25) is 0 Å². The van der Waals surface area contributed by atoms with E-state index in [1.807, 2.05) is 41.5 Å². The largest absolute Gasteiger partial charge is 0.336 e. The molecule has 0 aliphatic heterocycles. The second kappa shape index (κ2) is 11.9. The maximum atomic E-state index is 12.6. The van der Waals surface area contributed by atoms with Crippen LogP contribution in [0.3, 0.4) is 0 Å². The van der Waals surface area contributed by atoms with Crippen LogP contribution in [-0.4, -0.2) is 47.6 Å². The number of nitrogens with zero attached hydrogens (tertiary/aromatic N) is 4. The first-order valence-electron chi connectivity index (χ1n) is 12.8. The summed E-state index contributed by atoms with van der Waals surface area (Å²) in [7, 11) is 0. The van der Waals surface area contributed by atoms with Gasteiger partial charge >= 0.3 is 12.1 Å². The fraction of sp³-hybridized carbons (Fsp3) is 0.917. The quantitative estimate of drug-likeness (QED) is 0.288. The molecule has 4 amide bonds. The van der Waals surface area contributed by atoms with Crippen LogP contribution < -0.4 is 21.3 Å². The van der Waals surface area contributed by atoms with Gasteiger partial charge < -0.3 is 21.3 Å². The molecule has 0 atom stereocenters. The van der Waals surface area contributed by atoms with Crippen molar-refractivity contribution in [2.75, 3.05) is 13.1 Å². The molecule has 0 spiro atoms. The van der Waals surface area contributed by atoms with Gasteiger partial charge in [-0.25, -0.2) is 9.59 Å². The SMILES string of the molecule is CC(C)(C)/N=N/C1(NC(=O)NCCNC(=O)NC2(/N=N/C(C)(C)C)CCCCC2)CCCCC1. The van der Waals surface area contributed by atoms with Crippen LogP contribution >= 0.6 is 0 Å². The third-order valence-corrected chi connectivity index (χ3v) is 5.83. The van der Waals surface area contributed by atoms with Crippen molar-refractivity contribution in [1.29, 1.82) is 0 Å². The highest BCUT2D eigenvalue weighted by atomic mass is 16.2. The highest BCUT2D eigenvalue weighted by Crippen LogP contribution is 2.31. The van der Waals surface area contributed by atoms with E-state index in [4.69, 9.17) is 0 Å². The molecule has 0 heterocycles. The lowest BCUT2D eigenvalue weighted by Gasteiger charge is -2.34. The molecule has 34 heavy (non-hydrogen) atoms. The number of rotatable bonds is 7. The van der Waals surface area contributed by atoms with E-state index < -0.39 is 11.3 Å². The Morgan fingerprint density at radius 2 is 0.941 bits per heavy atom. The summed E-state index contributed by atoms with van der Waals surface area (Å²) in [5, 5.41) is 29.6. The minimum atomic E-state index is -0.647. The Morgan fingerprint density at radius 3 is 1.24 bits per heavy atom. The second-order valence-corrected chi connectivity index (χ2v) is 11.7. The number of hydrogen-bond donors (Lipinski definition) is 4. The molecule has 2 rings (SSSR count). The van der Waals surface area contributed by atoms with Crippen LogP contribution in [-0.2, 0) is 0 Å². The normalized spacial score (nSPS) is 20.8.